The number of nitrogens with zero attached hydrogens (tertiary/aromatic N) is 2. The second-order valence-electron chi connectivity index (χ2n) is 4.22. The molecule has 0 N–H and O–H groups in total. The molecule has 1 saturated heterocycles. The second-order valence-corrected chi connectivity index (χ2v) is 6.16. The van der Waals surface area contributed by atoms with Gasteiger partial charge in [-0.25, -0.2) is 12.8 Å². The maximum absolute atomic E-state index is 13.2. The zero-order valence-corrected chi connectivity index (χ0v) is 10.6. The highest BCUT2D eigenvalue weighted by atomic mass is 32.2. The molecule has 0 bridgehead atoms. The van der Waals surface area contributed by atoms with Crippen molar-refractivity contribution in [1.29, 1.82) is 5.26 Å². The van der Waals surface area contributed by atoms with Crippen LogP contribution in [-0.2, 0) is 10.0 Å². The molecule has 1 heterocycles. The summed E-state index contributed by atoms with van der Waals surface area (Å²) in [6.07, 6.45) is 2.70. The SMILES string of the molecule is N#Cc1cc(S(=O)(=O)N2CCCCC2)ccc1F. The second kappa shape index (κ2) is 5.04. The topological polar surface area (TPSA) is 61.2 Å². The van der Waals surface area contributed by atoms with E-state index < -0.39 is 15.8 Å². The zero-order valence-electron chi connectivity index (χ0n) is 9.76. The van der Waals surface area contributed by atoms with Crippen molar-refractivity contribution >= 4 is 10.0 Å². The molecule has 0 aliphatic carbocycles. The first-order chi connectivity index (χ1) is 8.55. The van der Waals surface area contributed by atoms with Crippen molar-refractivity contribution in [2.75, 3.05) is 13.1 Å². The molecule has 6 heteroatoms. The van der Waals surface area contributed by atoms with Gasteiger partial charge in [0.25, 0.3) is 0 Å². The molecular weight excluding hydrogens is 255 g/mol. The van der Waals surface area contributed by atoms with E-state index in [1.165, 1.54) is 10.4 Å². The number of benzene rings is 1. The molecule has 0 atom stereocenters. The van der Waals surface area contributed by atoms with Gasteiger partial charge in [0, 0.05) is 13.1 Å². The maximum Gasteiger partial charge on any atom is 0.243 e. The van der Waals surface area contributed by atoms with E-state index in [9.17, 15) is 12.8 Å². The van der Waals surface area contributed by atoms with Gasteiger partial charge in [0.2, 0.25) is 10.0 Å². The Balaban J connectivity index is 2.38. The molecule has 0 spiro atoms. The van der Waals surface area contributed by atoms with Crippen LogP contribution < -0.4 is 0 Å². The molecule has 0 amide bonds. The Kier molecular flexibility index (Phi) is 3.64. The van der Waals surface area contributed by atoms with Crippen LogP contribution in [0, 0.1) is 17.1 Å². The molecule has 4 nitrogen and oxygen atoms in total. The van der Waals surface area contributed by atoms with Crippen LogP contribution in [0.3, 0.4) is 0 Å². The Morgan fingerprint density at radius 2 is 1.89 bits per heavy atom. The van der Waals surface area contributed by atoms with Gasteiger partial charge in [-0.3, -0.25) is 0 Å². The number of hydrogen-bond donors (Lipinski definition) is 0. The Labute approximate surface area is 106 Å². The van der Waals surface area contributed by atoms with Gasteiger partial charge in [0.15, 0.2) is 0 Å². The molecule has 1 aromatic rings. The van der Waals surface area contributed by atoms with Gasteiger partial charge in [-0.15, -0.1) is 0 Å². The average molecular weight is 268 g/mol. The third-order valence-corrected chi connectivity index (χ3v) is 4.91. The predicted molar refractivity (Wildman–Crippen MR) is 63.7 cm³/mol. The number of sulfonamides is 1. The summed E-state index contributed by atoms with van der Waals surface area (Å²) in [7, 11) is -3.60. The first-order valence-corrected chi connectivity index (χ1v) is 7.19. The van der Waals surface area contributed by atoms with Gasteiger partial charge >= 0.3 is 0 Å². The smallest absolute Gasteiger partial charge is 0.207 e. The highest BCUT2D eigenvalue weighted by Crippen LogP contribution is 2.22. The molecule has 1 aliphatic rings. The standard InChI is InChI=1S/C12H13FN2O2S/c13-12-5-4-11(8-10(12)9-14)18(16,17)15-6-2-1-3-7-15/h4-5,8H,1-3,6-7H2. The molecule has 1 fully saturated rings. The van der Waals surface area contributed by atoms with Crippen molar-refractivity contribution in [3.05, 3.63) is 29.6 Å². The number of hydrogen-bond acceptors (Lipinski definition) is 3. The number of nitriles is 1. The Bertz CT molecular complexity index is 587. The van der Waals surface area contributed by atoms with Crippen molar-refractivity contribution in [3.63, 3.8) is 0 Å². The van der Waals surface area contributed by atoms with Gasteiger partial charge in [-0.1, -0.05) is 6.42 Å². The normalized spacial score (nSPS) is 17.3. The van der Waals surface area contributed by atoms with Crippen LogP contribution in [0.25, 0.3) is 0 Å². The molecule has 2 rings (SSSR count). The number of rotatable bonds is 2. The summed E-state index contributed by atoms with van der Waals surface area (Å²) in [6.45, 7) is 0.975. The molecule has 0 unspecified atom stereocenters. The fraction of sp³-hybridized carbons (Fsp3) is 0.417. The summed E-state index contributed by atoms with van der Waals surface area (Å²) in [5, 5.41) is 8.72. The van der Waals surface area contributed by atoms with Gasteiger partial charge in [-0.2, -0.15) is 9.57 Å². The lowest BCUT2D eigenvalue weighted by Gasteiger charge is -2.25. The molecule has 96 valence electrons. The Morgan fingerprint density at radius 1 is 1.22 bits per heavy atom. The van der Waals surface area contributed by atoms with E-state index in [2.05, 4.69) is 0 Å². The van der Waals surface area contributed by atoms with E-state index >= 15 is 0 Å². The monoisotopic (exact) mass is 268 g/mol. The van der Waals surface area contributed by atoms with E-state index in [4.69, 9.17) is 5.26 Å². The average Bonchev–Trinajstić information content (AvgIpc) is 2.40. The Hall–Kier alpha value is -1.45. The maximum atomic E-state index is 13.2. The quantitative estimate of drug-likeness (QED) is 0.822. The third-order valence-electron chi connectivity index (χ3n) is 3.01. The Morgan fingerprint density at radius 3 is 2.50 bits per heavy atom. The van der Waals surface area contributed by atoms with Crippen molar-refractivity contribution in [1.82, 2.24) is 4.31 Å². The van der Waals surface area contributed by atoms with E-state index in [0.717, 1.165) is 31.4 Å². The van der Waals surface area contributed by atoms with Crippen LogP contribution in [0.4, 0.5) is 4.39 Å². The lowest BCUT2D eigenvalue weighted by molar-refractivity contribution is 0.346. The molecule has 0 aromatic heterocycles. The highest BCUT2D eigenvalue weighted by molar-refractivity contribution is 7.89. The minimum Gasteiger partial charge on any atom is -0.207 e. The largest absolute Gasteiger partial charge is 0.243 e. The van der Waals surface area contributed by atoms with Crippen molar-refractivity contribution in [2.24, 2.45) is 0 Å². The summed E-state index contributed by atoms with van der Waals surface area (Å²) in [6, 6.07) is 4.98. The van der Waals surface area contributed by atoms with Crippen LogP contribution in [0.15, 0.2) is 23.1 Å². The van der Waals surface area contributed by atoms with Crippen molar-refractivity contribution < 1.29 is 12.8 Å². The van der Waals surface area contributed by atoms with Crippen LogP contribution in [0.1, 0.15) is 24.8 Å². The predicted octanol–water partition coefficient (Wildman–Crippen LogP) is 1.87. The van der Waals surface area contributed by atoms with Crippen LogP contribution in [0.5, 0.6) is 0 Å². The minimum absolute atomic E-state index is 0.0117. The first kappa shape index (κ1) is 13.0. The lowest BCUT2D eigenvalue weighted by Crippen LogP contribution is -2.35. The molecule has 0 radical (unpaired) electrons. The zero-order chi connectivity index (χ0) is 13.2. The number of piperidine rings is 1. The number of halogens is 1. The summed E-state index contributed by atoms with van der Waals surface area (Å²) >= 11 is 0. The van der Waals surface area contributed by atoms with E-state index in [1.807, 2.05) is 0 Å². The summed E-state index contributed by atoms with van der Waals surface area (Å²) in [5.41, 5.74) is -0.243. The van der Waals surface area contributed by atoms with Crippen molar-refractivity contribution in [2.45, 2.75) is 24.2 Å². The molecular formula is C12H13FN2O2S. The first-order valence-electron chi connectivity index (χ1n) is 5.75. The minimum atomic E-state index is -3.60. The molecule has 0 saturated carbocycles. The van der Waals surface area contributed by atoms with E-state index in [1.54, 1.807) is 6.07 Å². The molecule has 18 heavy (non-hydrogen) atoms. The van der Waals surface area contributed by atoms with Crippen LogP contribution in [-0.4, -0.2) is 25.8 Å². The molecule has 1 aromatic carbocycles. The third kappa shape index (κ3) is 2.37. The van der Waals surface area contributed by atoms with Crippen LogP contribution >= 0.6 is 0 Å². The van der Waals surface area contributed by atoms with Crippen molar-refractivity contribution in [3.8, 4) is 6.07 Å². The summed E-state index contributed by atoms with van der Waals surface area (Å²) in [5.74, 6) is -0.699. The molecule has 1 aliphatic heterocycles. The van der Waals surface area contributed by atoms with Gasteiger partial charge in [0.05, 0.1) is 10.5 Å². The fourth-order valence-corrected chi connectivity index (χ4v) is 3.55. The van der Waals surface area contributed by atoms with E-state index in [0.29, 0.717) is 13.1 Å². The van der Waals surface area contributed by atoms with Crippen LogP contribution in [0.2, 0.25) is 0 Å². The highest BCUT2D eigenvalue weighted by Gasteiger charge is 2.26. The lowest BCUT2D eigenvalue weighted by atomic mass is 10.2. The van der Waals surface area contributed by atoms with E-state index in [-0.39, 0.29) is 10.5 Å². The van der Waals surface area contributed by atoms with Gasteiger partial charge in [-0.05, 0) is 31.0 Å². The summed E-state index contributed by atoms with van der Waals surface area (Å²) in [4.78, 5) is -0.0117. The fourth-order valence-electron chi connectivity index (χ4n) is 2.00. The summed E-state index contributed by atoms with van der Waals surface area (Å²) < 4.78 is 39.1. The van der Waals surface area contributed by atoms with Gasteiger partial charge in [0.1, 0.15) is 11.9 Å². The van der Waals surface area contributed by atoms with Gasteiger partial charge < -0.3 is 0 Å².